The molecule has 178 valence electrons. The molecule has 0 spiro atoms. The Morgan fingerprint density at radius 1 is 0.886 bits per heavy atom. The Labute approximate surface area is 206 Å². The largest absolute Gasteiger partial charge is 0.354 e. The first kappa shape index (κ1) is 21.9. The molecule has 0 unspecified atom stereocenters. The quantitative estimate of drug-likeness (QED) is 0.579. The average molecular weight is 467 g/mol. The number of nitriles is 1. The molecular formula is C27H30N8. The van der Waals surface area contributed by atoms with Crippen LogP contribution in [0.15, 0.2) is 30.6 Å². The predicted molar refractivity (Wildman–Crippen MR) is 135 cm³/mol. The predicted octanol–water partition coefficient (Wildman–Crippen LogP) is 3.27. The molecule has 35 heavy (non-hydrogen) atoms. The number of rotatable bonds is 4. The SMILES string of the molecule is Cc1c(C#N)nnc(N2CCc3ncc(-c4ccc(N5CCN(C6CC6)CC5)nc4)cc3C2)c1C. The fraction of sp³-hybridized carbons (Fsp3) is 0.444. The molecule has 2 fully saturated rings. The number of hydrogen-bond acceptors (Lipinski definition) is 8. The minimum absolute atomic E-state index is 0.397. The van der Waals surface area contributed by atoms with Gasteiger partial charge in [0.05, 0.1) is 0 Å². The maximum atomic E-state index is 9.25. The molecule has 0 bridgehead atoms. The van der Waals surface area contributed by atoms with E-state index in [0.29, 0.717) is 5.69 Å². The summed E-state index contributed by atoms with van der Waals surface area (Å²) in [6.45, 7) is 9.91. The van der Waals surface area contributed by atoms with Crippen molar-refractivity contribution in [3.8, 4) is 17.2 Å². The summed E-state index contributed by atoms with van der Waals surface area (Å²) < 4.78 is 0. The minimum Gasteiger partial charge on any atom is -0.354 e. The molecule has 0 amide bonds. The fourth-order valence-electron chi connectivity index (χ4n) is 5.26. The highest BCUT2D eigenvalue weighted by molar-refractivity contribution is 5.65. The van der Waals surface area contributed by atoms with Crippen molar-refractivity contribution in [1.29, 1.82) is 5.26 Å². The van der Waals surface area contributed by atoms with Crippen molar-refractivity contribution in [3.63, 3.8) is 0 Å². The van der Waals surface area contributed by atoms with Gasteiger partial charge in [-0.1, -0.05) is 0 Å². The van der Waals surface area contributed by atoms with E-state index in [4.69, 9.17) is 9.97 Å². The molecule has 1 saturated heterocycles. The van der Waals surface area contributed by atoms with Crippen molar-refractivity contribution in [2.75, 3.05) is 42.5 Å². The van der Waals surface area contributed by atoms with Crippen LogP contribution in [0.4, 0.5) is 11.6 Å². The number of nitrogens with zero attached hydrogens (tertiary/aromatic N) is 8. The van der Waals surface area contributed by atoms with Crippen LogP contribution >= 0.6 is 0 Å². The van der Waals surface area contributed by atoms with Gasteiger partial charge >= 0.3 is 0 Å². The van der Waals surface area contributed by atoms with Gasteiger partial charge in [-0.3, -0.25) is 9.88 Å². The molecule has 3 aromatic rings. The summed E-state index contributed by atoms with van der Waals surface area (Å²) in [6.07, 6.45) is 7.56. The number of anilines is 2. The molecule has 8 heteroatoms. The van der Waals surface area contributed by atoms with E-state index in [9.17, 15) is 5.26 Å². The molecule has 0 aromatic carbocycles. The summed E-state index contributed by atoms with van der Waals surface area (Å²) in [5.41, 5.74) is 6.83. The van der Waals surface area contributed by atoms with Crippen molar-refractivity contribution in [1.82, 2.24) is 25.1 Å². The smallest absolute Gasteiger partial charge is 0.166 e. The Hall–Kier alpha value is -3.57. The van der Waals surface area contributed by atoms with E-state index in [1.54, 1.807) is 0 Å². The minimum atomic E-state index is 0.397. The average Bonchev–Trinajstić information content (AvgIpc) is 3.76. The van der Waals surface area contributed by atoms with Gasteiger partial charge in [-0.2, -0.15) is 5.26 Å². The lowest BCUT2D eigenvalue weighted by Crippen LogP contribution is -2.47. The first-order valence-corrected chi connectivity index (χ1v) is 12.5. The third-order valence-electron chi connectivity index (χ3n) is 7.73. The van der Waals surface area contributed by atoms with Crippen LogP contribution in [0.25, 0.3) is 11.1 Å². The Balaban J connectivity index is 1.18. The second-order valence-electron chi connectivity index (χ2n) is 9.89. The van der Waals surface area contributed by atoms with Crippen LogP contribution in [-0.4, -0.2) is 63.8 Å². The van der Waals surface area contributed by atoms with E-state index in [1.807, 2.05) is 26.2 Å². The van der Waals surface area contributed by atoms with Crippen molar-refractivity contribution < 1.29 is 0 Å². The van der Waals surface area contributed by atoms with Crippen molar-refractivity contribution in [2.45, 2.75) is 45.7 Å². The molecular weight excluding hydrogens is 436 g/mol. The molecule has 0 atom stereocenters. The van der Waals surface area contributed by atoms with Crippen LogP contribution in [0.2, 0.25) is 0 Å². The van der Waals surface area contributed by atoms with E-state index >= 15 is 0 Å². The van der Waals surface area contributed by atoms with Gasteiger partial charge in [-0.25, -0.2) is 4.98 Å². The molecule has 1 saturated carbocycles. The second kappa shape index (κ2) is 8.90. The van der Waals surface area contributed by atoms with Gasteiger partial charge in [-0.05, 0) is 61.6 Å². The molecule has 2 aliphatic heterocycles. The number of aromatic nitrogens is 4. The Kier molecular flexibility index (Phi) is 5.57. The summed E-state index contributed by atoms with van der Waals surface area (Å²) in [7, 11) is 0. The monoisotopic (exact) mass is 466 g/mol. The zero-order valence-corrected chi connectivity index (χ0v) is 20.4. The van der Waals surface area contributed by atoms with E-state index in [0.717, 1.165) is 91.3 Å². The summed E-state index contributed by atoms with van der Waals surface area (Å²) in [5.74, 6) is 1.91. The first-order chi connectivity index (χ1) is 17.1. The van der Waals surface area contributed by atoms with Gasteiger partial charge < -0.3 is 9.80 Å². The molecule has 1 aliphatic carbocycles. The lowest BCUT2D eigenvalue weighted by molar-refractivity contribution is 0.247. The topological polar surface area (TPSA) is 85.1 Å². The summed E-state index contributed by atoms with van der Waals surface area (Å²) in [4.78, 5) is 16.9. The maximum absolute atomic E-state index is 9.25. The number of hydrogen-bond donors (Lipinski definition) is 0. The standard InChI is InChI=1S/C27H30N8/c1-18-19(2)27(32-31-25(18)14-28)35-8-7-24-22(17-35)13-21(16-29-24)20-3-6-26(30-15-20)34-11-9-33(10-12-34)23-4-5-23/h3,6,13,15-16,23H,4-5,7-12,17H2,1-2H3. The van der Waals surface area contributed by atoms with Crippen LogP contribution in [0.5, 0.6) is 0 Å². The molecule has 3 aliphatic rings. The number of pyridine rings is 2. The first-order valence-electron chi connectivity index (χ1n) is 12.5. The van der Waals surface area contributed by atoms with Gasteiger partial charge in [0.25, 0.3) is 0 Å². The van der Waals surface area contributed by atoms with Gasteiger partial charge in [-0.15, -0.1) is 10.2 Å². The molecule has 0 radical (unpaired) electrons. The molecule has 6 rings (SSSR count). The van der Waals surface area contributed by atoms with Gasteiger partial charge in [0.1, 0.15) is 11.9 Å². The van der Waals surface area contributed by atoms with E-state index in [-0.39, 0.29) is 0 Å². The third-order valence-corrected chi connectivity index (χ3v) is 7.73. The second-order valence-corrected chi connectivity index (χ2v) is 9.89. The Morgan fingerprint density at radius 2 is 1.69 bits per heavy atom. The number of piperazine rings is 1. The van der Waals surface area contributed by atoms with Crippen LogP contribution in [-0.2, 0) is 13.0 Å². The zero-order valence-electron chi connectivity index (χ0n) is 20.4. The van der Waals surface area contributed by atoms with Crippen molar-refractivity contribution in [3.05, 3.63) is 58.7 Å². The lowest BCUT2D eigenvalue weighted by Gasteiger charge is -2.35. The van der Waals surface area contributed by atoms with Gasteiger partial charge in [0.2, 0.25) is 0 Å². The highest BCUT2D eigenvalue weighted by Crippen LogP contribution is 2.30. The van der Waals surface area contributed by atoms with Crippen LogP contribution in [0.1, 0.15) is 40.9 Å². The van der Waals surface area contributed by atoms with Crippen LogP contribution in [0.3, 0.4) is 0 Å². The molecule has 5 heterocycles. The van der Waals surface area contributed by atoms with Gasteiger partial charge in [0, 0.05) is 80.9 Å². The van der Waals surface area contributed by atoms with E-state index in [2.05, 4.69) is 49.2 Å². The normalized spacial score (nSPS) is 18.3. The van der Waals surface area contributed by atoms with Crippen LogP contribution < -0.4 is 9.80 Å². The third kappa shape index (κ3) is 4.21. The molecule has 3 aromatic heterocycles. The van der Waals surface area contributed by atoms with Crippen LogP contribution in [0, 0.1) is 25.2 Å². The highest BCUT2D eigenvalue weighted by atomic mass is 15.3. The van der Waals surface area contributed by atoms with E-state index in [1.165, 1.54) is 18.4 Å². The van der Waals surface area contributed by atoms with Crippen molar-refractivity contribution in [2.24, 2.45) is 0 Å². The summed E-state index contributed by atoms with van der Waals surface area (Å²) >= 11 is 0. The summed E-state index contributed by atoms with van der Waals surface area (Å²) in [5, 5.41) is 17.8. The summed E-state index contributed by atoms with van der Waals surface area (Å²) in [6, 6.07) is 9.52. The van der Waals surface area contributed by atoms with Crippen molar-refractivity contribution >= 4 is 11.6 Å². The molecule has 0 N–H and O–H groups in total. The maximum Gasteiger partial charge on any atom is 0.166 e. The molecule has 8 nitrogen and oxygen atoms in total. The van der Waals surface area contributed by atoms with E-state index < -0.39 is 0 Å². The van der Waals surface area contributed by atoms with Gasteiger partial charge in [0.15, 0.2) is 11.5 Å². The Morgan fingerprint density at radius 3 is 2.40 bits per heavy atom. The lowest BCUT2D eigenvalue weighted by atomic mass is 10.0. The number of fused-ring (bicyclic) bond motifs is 1. The fourth-order valence-corrected chi connectivity index (χ4v) is 5.26. The Bertz CT molecular complexity index is 1280. The zero-order chi connectivity index (χ0) is 23.9. The highest BCUT2D eigenvalue weighted by Gasteiger charge is 2.31.